The molecule has 1 aromatic heterocycles. The molecule has 0 saturated carbocycles. The molecule has 8 nitrogen and oxygen atoms in total. The molecule has 0 radical (unpaired) electrons. The van der Waals surface area contributed by atoms with Crippen LogP contribution in [0.15, 0.2) is 41.6 Å². The molecule has 3 heterocycles. The van der Waals surface area contributed by atoms with E-state index in [1.54, 1.807) is 24.4 Å². The second-order valence-corrected chi connectivity index (χ2v) is 8.80. The average molecular weight is 404 g/mol. The minimum Gasteiger partial charge on any atom is -0.486 e. The monoisotopic (exact) mass is 404 g/mol. The normalized spacial score (nSPS) is 19.5. The van der Waals surface area contributed by atoms with Crippen LogP contribution in [-0.2, 0) is 16.4 Å². The molecule has 2 aromatic rings. The van der Waals surface area contributed by atoms with Gasteiger partial charge in [0.05, 0.1) is 5.56 Å². The van der Waals surface area contributed by atoms with E-state index in [0.29, 0.717) is 44.9 Å². The van der Waals surface area contributed by atoms with Crippen LogP contribution in [0.1, 0.15) is 22.3 Å². The van der Waals surface area contributed by atoms with Gasteiger partial charge in [0.1, 0.15) is 18.1 Å². The van der Waals surface area contributed by atoms with Crippen molar-refractivity contribution in [2.45, 2.75) is 17.7 Å². The van der Waals surface area contributed by atoms with Crippen molar-refractivity contribution in [1.82, 2.24) is 9.29 Å². The van der Waals surface area contributed by atoms with Crippen molar-refractivity contribution < 1.29 is 27.8 Å². The maximum Gasteiger partial charge on any atom is 0.337 e. The smallest absolute Gasteiger partial charge is 0.337 e. The van der Waals surface area contributed by atoms with Gasteiger partial charge in [-0.2, -0.15) is 4.31 Å². The van der Waals surface area contributed by atoms with Gasteiger partial charge < -0.3 is 14.6 Å². The molecule has 28 heavy (non-hydrogen) atoms. The largest absolute Gasteiger partial charge is 0.486 e. The second kappa shape index (κ2) is 7.40. The van der Waals surface area contributed by atoms with Gasteiger partial charge in [-0.25, -0.2) is 13.2 Å². The van der Waals surface area contributed by atoms with Gasteiger partial charge in [0.25, 0.3) is 0 Å². The molecule has 4 rings (SSSR count). The lowest BCUT2D eigenvalue weighted by molar-refractivity contribution is 0.0696. The summed E-state index contributed by atoms with van der Waals surface area (Å²) in [5.41, 5.74) is 0.922. The number of pyridine rings is 1. The zero-order valence-corrected chi connectivity index (χ0v) is 15.9. The van der Waals surface area contributed by atoms with Crippen LogP contribution in [0, 0.1) is 5.92 Å². The third-order valence-electron chi connectivity index (χ3n) is 4.96. The van der Waals surface area contributed by atoms with Crippen molar-refractivity contribution in [3.63, 3.8) is 0 Å². The summed E-state index contributed by atoms with van der Waals surface area (Å²) in [5, 5.41) is 9.09. The number of carboxylic acids is 1. The van der Waals surface area contributed by atoms with E-state index >= 15 is 0 Å². The molecule has 1 N–H and O–H groups in total. The number of fused-ring (bicyclic) bond motifs is 1. The Morgan fingerprint density at radius 2 is 2.07 bits per heavy atom. The van der Waals surface area contributed by atoms with E-state index in [1.807, 2.05) is 0 Å². The number of para-hydroxylation sites is 1. The van der Waals surface area contributed by atoms with Crippen LogP contribution < -0.4 is 9.47 Å². The summed E-state index contributed by atoms with van der Waals surface area (Å²) in [6.07, 6.45) is 4.20. The highest BCUT2D eigenvalue weighted by Gasteiger charge is 2.35. The van der Waals surface area contributed by atoms with E-state index in [9.17, 15) is 13.2 Å². The van der Waals surface area contributed by atoms with Crippen LogP contribution in [0.5, 0.6) is 11.5 Å². The number of nitrogens with zero attached hydrogens (tertiary/aromatic N) is 2. The fraction of sp³-hybridized carbons (Fsp3) is 0.368. The number of sulfonamides is 1. The molecular weight excluding hydrogens is 384 g/mol. The number of ether oxygens (including phenoxy) is 2. The van der Waals surface area contributed by atoms with Gasteiger partial charge in [-0.05, 0) is 42.5 Å². The van der Waals surface area contributed by atoms with Gasteiger partial charge in [0.15, 0.2) is 11.5 Å². The van der Waals surface area contributed by atoms with Gasteiger partial charge in [-0.15, -0.1) is 0 Å². The highest BCUT2D eigenvalue weighted by molar-refractivity contribution is 7.89. The Morgan fingerprint density at radius 3 is 2.89 bits per heavy atom. The van der Waals surface area contributed by atoms with Crippen molar-refractivity contribution in [3.05, 3.63) is 47.8 Å². The lowest BCUT2D eigenvalue weighted by Crippen LogP contribution is -2.30. The lowest BCUT2D eigenvalue weighted by Gasteiger charge is -2.23. The molecule has 1 aromatic carbocycles. The molecule has 1 unspecified atom stereocenters. The molecule has 1 saturated heterocycles. The maximum atomic E-state index is 13.1. The Labute approximate surface area is 162 Å². The summed E-state index contributed by atoms with van der Waals surface area (Å²) in [7, 11) is -3.71. The Hall–Kier alpha value is -2.65. The van der Waals surface area contributed by atoms with Gasteiger partial charge in [-0.1, -0.05) is 6.07 Å². The Morgan fingerprint density at radius 1 is 1.25 bits per heavy atom. The SMILES string of the molecule is O=C(O)c1cncc(CC2CCN(S(=O)(=O)c3cccc4c3OCCO4)C2)c1. The highest BCUT2D eigenvalue weighted by Crippen LogP contribution is 2.39. The van der Waals surface area contributed by atoms with Gasteiger partial charge in [0, 0.05) is 25.5 Å². The number of carbonyl (C=O) groups is 1. The molecule has 0 spiro atoms. The topological polar surface area (TPSA) is 106 Å². The fourth-order valence-corrected chi connectivity index (χ4v) is 5.30. The van der Waals surface area contributed by atoms with Crippen molar-refractivity contribution in [2.24, 2.45) is 5.92 Å². The van der Waals surface area contributed by atoms with E-state index in [0.717, 1.165) is 5.56 Å². The van der Waals surface area contributed by atoms with E-state index in [2.05, 4.69) is 4.98 Å². The van der Waals surface area contributed by atoms with Crippen molar-refractivity contribution in [3.8, 4) is 11.5 Å². The number of hydrogen-bond acceptors (Lipinski definition) is 6. The van der Waals surface area contributed by atoms with Crippen molar-refractivity contribution >= 4 is 16.0 Å². The molecule has 2 aliphatic heterocycles. The van der Waals surface area contributed by atoms with Gasteiger partial charge in [0.2, 0.25) is 10.0 Å². The van der Waals surface area contributed by atoms with Crippen LogP contribution in [0.2, 0.25) is 0 Å². The zero-order chi connectivity index (χ0) is 19.7. The van der Waals surface area contributed by atoms with Crippen LogP contribution in [0.4, 0.5) is 0 Å². The van der Waals surface area contributed by atoms with Crippen LogP contribution in [0.25, 0.3) is 0 Å². The number of carboxylic acid groups (broad SMARTS) is 1. The van der Waals surface area contributed by atoms with Crippen molar-refractivity contribution in [1.29, 1.82) is 0 Å². The van der Waals surface area contributed by atoms with Crippen LogP contribution >= 0.6 is 0 Å². The summed E-state index contributed by atoms with van der Waals surface area (Å²) >= 11 is 0. The Bertz CT molecular complexity index is 1010. The first kappa shape index (κ1) is 18.7. The zero-order valence-electron chi connectivity index (χ0n) is 15.1. The molecule has 0 aliphatic carbocycles. The summed E-state index contributed by atoms with van der Waals surface area (Å²) in [5.74, 6) is -0.214. The predicted molar refractivity (Wildman–Crippen MR) is 99.2 cm³/mol. The summed E-state index contributed by atoms with van der Waals surface area (Å²) in [4.78, 5) is 15.2. The van der Waals surface area contributed by atoms with E-state index < -0.39 is 16.0 Å². The lowest BCUT2D eigenvalue weighted by atomic mass is 9.99. The van der Waals surface area contributed by atoms with Crippen LogP contribution in [-0.4, -0.2) is 55.1 Å². The molecule has 2 aliphatic rings. The molecule has 9 heteroatoms. The quantitative estimate of drug-likeness (QED) is 0.810. The highest BCUT2D eigenvalue weighted by atomic mass is 32.2. The van der Waals surface area contributed by atoms with Crippen LogP contribution in [0.3, 0.4) is 0 Å². The number of rotatable bonds is 5. The predicted octanol–water partition coefficient (Wildman–Crippen LogP) is 1.80. The second-order valence-electron chi connectivity index (χ2n) is 6.89. The average Bonchev–Trinajstić information content (AvgIpc) is 3.17. The number of benzene rings is 1. The first-order valence-electron chi connectivity index (χ1n) is 9.01. The number of aromatic nitrogens is 1. The summed E-state index contributed by atoms with van der Waals surface area (Å²) in [6.45, 7) is 1.48. The first-order chi connectivity index (χ1) is 13.4. The summed E-state index contributed by atoms with van der Waals surface area (Å²) < 4.78 is 38.8. The molecular formula is C19H20N2O6S. The third kappa shape index (κ3) is 3.55. The number of aromatic carboxylic acids is 1. The first-order valence-corrected chi connectivity index (χ1v) is 10.4. The Balaban J connectivity index is 1.51. The fourth-order valence-electron chi connectivity index (χ4n) is 3.62. The molecule has 0 bridgehead atoms. The molecule has 1 atom stereocenters. The van der Waals surface area contributed by atoms with E-state index in [1.165, 1.54) is 16.6 Å². The van der Waals surface area contributed by atoms with E-state index in [-0.39, 0.29) is 22.1 Å². The van der Waals surface area contributed by atoms with Crippen molar-refractivity contribution in [2.75, 3.05) is 26.3 Å². The molecule has 1 fully saturated rings. The van der Waals surface area contributed by atoms with E-state index in [4.69, 9.17) is 14.6 Å². The summed E-state index contributed by atoms with van der Waals surface area (Å²) in [6, 6.07) is 6.47. The molecule has 148 valence electrons. The minimum absolute atomic E-state index is 0.0947. The standard InChI is InChI=1S/C19H20N2O6S/c22-19(23)15-9-14(10-20-11-15)8-13-4-5-21(12-13)28(24,25)17-3-1-2-16-18(17)27-7-6-26-16/h1-3,9-11,13H,4-8,12H2,(H,22,23). The minimum atomic E-state index is -3.71. The number of hydrogen-bond donors (Lipinski definition) is 1. The maximum absolute atomic E-state index is 13.1. The van der Waals surface area contributed by atoms with Gasteiger partial charge in [-0.3, -0.25) is 4.98 Å². The van der Waals surface area contributed by atoms with Gasteiger partial charge >= 0.3 is 5.97 Å². The molecule has 0 amide bonds. The third-order valence-corrected chi connectivity index (χ3v) is 6.85. The Kier molecular flexibility index (Phi) is 4.94.